The summed E-state index contributed by atoms with van der Waals surface area (Å²) in [6.45, 7) is 4.46. The van der Waals surface area contributed by atoms with Gasteiger partial charge in [-0.15, -0.1) is 0 Å². The topological polar surface area (TPSA) is 73.0 Å². The molecule has 0 aliphatic carbocycles. The highest BCUT2D eigenvalue weighted by Gasteiger charge is 2.40. The summed E-state index contributed by atoms with van der Waals surface area (Å²) in [6.07, 6.45) is 1.86. The van der Waals surface area contributed by atoms with Crippen LogP contribution < -0.4 is 5.32 Å². The van der Waals surface area contributed by atoms with Crippen LogP contribution in [0.1, 0.15) is 19.8 Å². The third-order valence-corrected chi connectivity index (χ3v) is 6.09. The van der Waals surface area contributed by atoms with Gasteiger partial charge in [-0.2, -0.15) is 17.0 Å². The number of hydrogen-bond acceptors (Lipinski definition) is 4. The molecule has 0 aromatic heterocycles. The zero-order valence-corrected chi connectivity index (χ0v) is 13.2. The second-order valence-electron chi connectivity index (χ2n) is 5.84. The van der Waals surface area contributed by atoms with E-state index in [1.165, 1.54) is 22.7 Å². The van der Waals surface area contributed by atoms with Crippen LogP contribution in [0, 0.1) is 0 Å². The van der Waals surface area contributed by atoms with Crippen LogP contribution in [0.15, 0.2) is 0 Å². The van der Waals surface area contributed by atoms with Gasteiger partial charge in [-0.05, 0) is 26.3 Å². The fourth-order valence-electron chi connectivity index (χ4n) is 2.78. The Hall–Kier alpha value is -0.700. The van der Waals surface area contributed by atoms with E-state index in [1.807, 2.05) is 6.92 Å². The average Bonchev–Trinajstić information content (AvgIpc) is 2.86. The van der Waals surface area contributed by atoms with Gasteiger partial charge in [0.1, 0.15) is 0 Å². The van der Waals surface area contributed by atoms with Crippen LogP contribution >= 0.6 is 0 Å². The van der Waals surface area contributed by atoms with Crippen LogP contribution in [0.25, 0.3) is 0 Å². The van der Waals surface area contributed by atoms with Crippen LogP contribution in [-0.2, 0) is 15.0 Å². The standard InChI is InChI=1S/C12H24N4O3S/c1-12(5-4-6-13-12)11(17)15-7-9-16(10-8-15)20(18,19)14(2)3/h13H,4-10H2,1-3H3. The van der Waals surface area contributed by atoms with E-state index >= 15 is 0 Å². The molecule has 2 aliphatic heterocycles. The Labute approximate surface area is 121 Å². The molecule has 2 rings (SSSR count). The molecule has 2 aliphatic rings. The maximum atomic E-state index is 12.5. The summed E-state index contributed by atoms with van der Waals surface area (Å²) in [5.74, 6) is 0.0944. The number of carbonyl (C=O) groups is 1. The molecule has 1 atom stereocenters. The molecular weight excluding hydrogens is 280 g/mol. The van der Waals surface area contributed by atoms with Crippen molar-refractivity contribution in [3.05, 3.63) is 0 Å². The van der Waals surface area contributed by atoms with Crippen LogP contribution in [-0.4, -0.2) is 80.2 Å². The lowest BCUT2D eigenvalue weighted by atomic mass is 9.98. The minimum absolute atomic E-state index is 0.0944. The molecule has 8 heteroatoms. The van der Waals surface area contributed by atoms with Gasteiger partial charge in [0.15, 0.2) is 0 Å². The predicted octanol–water partition coefficient (Wildman–Crippen LogP) is -0.921. The van der Waals surface area contributed by atoms with Gasteiger partial charge in [0.25, 0.3) is 10.2 Å². The van der Waals surface area contributed by atoms with E-state index in [0.29, 0.717) is 26.2 Å². The molecule has 2 fully saturated rings. The number of nitrogens with zero attached hydrogens (tertiary/aromatic N) is 3. The Morgan fingerprint density at radius 2 is 1.80 bits per heavy atom. The summed E-state index contributed by atoms with van der Waals surface area (Å²) in [6, 6.07) is 0. The van der Waals surface area contributed by atoms with Crippen molar-refractivity contribution in [2.75, 3.05) is 46.8 Å². The van der Waals surface area contributed by atoms with Gasteiger partial charge >= 0.3 is 0 Å². The highest BCUT2D eigenvalue weighted by molar-refractivity contribution is 7.86. The summed E-state index contributed by atoms with van der Waals surface area (Å²) in [5, 5.41) is 3.26. The first kappa shape index (κ1) is 15.7. The number of hydrogen-bond donors (Lipinski definition) is 1. The second kappa shape index (κ2) is 5.59. The summed E-state index contributed by atoms with van der Waals surface area (Å²) in [7, 11) is -0.322. The minimum Gasteiger partial charge on any atom is -0.338 e. The number of piperazine rings is 1. The van der Waals surface area contributed by atoms with Gasteiger partial charge < -0.3 is 10.2 Å². The molecule has 116 valence electrons. The Bertz CT molecular complexity index is 463. The average molecular weight is 304 g/mol. The van der Waals surface area contributed by atoms with E-state index in [0.717, 1.165) is 19.4 Å². The van der Waals surface area contributed by atoms with Crippen molar-refractivity contribution in [1.82, 2.24) is 18.8 Å². The van der Waals surface area contributed by atoms with Crippen molar-refractivity contribution in [3.8, 4) is 0 Å². The lowest BCUT2D eigenvalue weighted by Crippen LogP contribution is -2.59. The van der Waals surface area contributed by atoms with E-state index in [-0.39, 0.29) is 5.91 Å². The molecule has 2 heterocycles. The molecule has 7 nitrogen and oxygen atoms in total. The smallest absolute Gasteiger partial charge is 0.281 e. The molecule has 0 saturated carbocycles. The van der Waals surface area contributed by atoms with Gasteiger partial charge in [0, 0.05) is 40.3 Å². The summed E-state index contributed by atoms with van der Waals surface area (Å²) in [4.78, 5) is 14.3. The SMILES string of the molecule is CN(C)S(=O)(=O)N1CCN(C(=O)C2(C)CCCN2)CC1. The fraction of sp³-hybridized carbons (Fsp3) is 0.917. The lowest BCUT2D eigenvalue weighted by Gasteiger charge is -2.38. The van der Waals surface area contributed by atoms with Crippen molar-refractivity contribution >= 4 is 16.1 Å². The summed E-state index contributed by atoms with van der Waals surface area (Å²) >= 11 is 0. The Morgan fingerprint density at radius 1 is 1.20 bits per heavy atom. The van der Waals surface area contributed by atoms with Crippen LogP contribution in [0.3, 0.4) is 0 Å². The summed E-state index contributed by atoms with van der Waals surface area (Å²) < 4.78 is 26.7. The predicted molar refractivity (Wildman–Crippen MR) is 76.4 cm³/mol. The molecule has 0 spiro atoms. The Balaban J connectivity index is 1.96. The highest BCUT2D eigenvalue weighted by atomic mass is 32.2. The zero-order valence-electron chi connectivity index (χ0n) is 12.4. The van der Waals surface area contributed by atoms with Crippen molar-refractivity contribution < 1.29 is 13.2 Å². The molecule has 0 radical (unpaired) electrons. The molecule has 0 bridgehead atoms. The first-order chi connectivity index (χ1) is 9.27. The quantitative estimate of drug-likeness (QED) is 0.732. The Kier molecular flexibility index (Phi) is 4.38. The monoisotopic (exact) mass is 304 g/mol. The van der Waals surface area contributed by atoms with Crippen LogP contribution in [0.2, 0.25) is 0 Å². The van der Waals surface area contributed by atoms with Gasteiger partial charge in [0.2, 0.25) is 5.91 Å². The van der Waals surface area contributed by atoms with Crippen LogP contribution in [0.5, 0.6) is 0 Å². The first-order valence-electron chi connectivity index (χ1n) is 6.99. The number of rotatable bonds is 3. The van der Waals surface area contributed by atoms with E-state index < -0.39 is 15.7 Å². The van der Waals surface area contributed by atoms with Crippen molar-refractivity contribution in [2.45, 2.75) is 25.3 Å². The molecule has 1 amide bonds. The number of amides is 1. The van der Waals surface area contributed by atoms with Crippen molar-refractivity contribution in [2.24, 2.45) is 0 Å². The van der Waals surface area contributed by atoms with E-state index in [2.05, 4.69) is 5.32 Å². The molecular formula is C12H24N4O3S. The van der Waals surface area contributed by atoms with E-state index in [1.54, 1.807) is 4.90 Å². The largest absolute Gasteiger partial charge is 0.338 e. The molecule has 20 heavy (non-hydrogen) atoms. The molecule has 2 saturated heterocycles. The van der Waals surface area contributed by atoms with Gasteiger partial charge in [0.05, 0.1) is 5.54 Å². The Morgan fingerprint density at radius 3 is 2.25 bits per heavy atom. The van der Waals surface area contributed by atoms with Gasteiger partial charge in [-0.25, -0.2) is 0 Å². The molecule has 0 aromatic rings. The zero-order chi connectivity index (χ0) is 15.0. The molecule has 1 unspecified atom stereocenters. The van der Waals surface area contributed by atoms with E-state index in [4.69, 9.17) is 0 Å². The van der Waals surface area contributed by atoms with Gasteiger partial charge in [-0.1, -0.05) is 0 Å². The highest BCUT2D eigenvalue weighted by Crippen LogP contribution is 2.22. The van der Waals surface area contributed by atoms with Crippen LogP contribution in [0.4, 0.5) is 0 Å². The maximum absolute atomic E-state index is 12.5. The number of carbonyl (C=O) groups excluding carboxylic acids is 1. The van der Waals surface area contributed by atoms with Crippen molar-refractivity contribution in [3.63, 3.8) is 0 Å². The van der Waals surface area contributed by atoms with E-state index in [9.17, 15) is 13.2 Å². The third kappa shape index (κ3) is 2.83. The minimum atomic E-state index is -3.37. The van der Waals surface area contributed by atoms with Gasteiger partial charge in [-0.3, -0.25) is 4.79 Å². The lowest BCUT2D eigenvalue weighted by molar-refractivity contribution is -0.138. The maximum Gasteiger partial charge on any atom is 0.281 e. The second-order valence-corrected chi connectivity index (χ2v) is 7.99. The number of nitrogens with one attached hydrogen (secondary N) is 1. The normalized spacial score (nSPS) is 29.1. The molecule has 0 aromatic carbocycles. The third-order valence-electron chi connectivity index (χ3n) is 4.15. The van der Waals surface area contributed by atoms with Crippen molar-refractivity contribution in [1.29, 1.82) is 0 Å². The fourth-order valence-corrected chi connectivity index (χ4v) is 3.87. The first-order valence-corrected chi connectivity index (χ1v) is 8.39. The summed E-state index contributed by atoms with van der Waals surface area (Å²) in [5.41, 5.74) is -0.470. The molecule has 1 N–H and O–H groups in total.